The highest BCUT2D eigenvalue weighted by Crippen LogP contribution is 2.24. The minimum Gasteiger partial charge on any atom is -0.497 e. The van der Waals surface area contributed by atoms with Crippen LogP contribution in [0.2, 0.25) is 0 Å². The molecule has 0 aliphatic rings. The lowest BCUT2D eigenvalue weighted by molar-refractivity contribution is 0.0938. The fourth-order valence-electron chi connectivity index (χ4n) is 1.28. The topological polar surface area (TPSA) is 35.5 Å². The van der Waals surface area contributed by atoms with Gasteiger partial charge in [0.05, 0.1) is 14.2 Å². The second-order valence-corrected chi connectivity index (χ2v) is 3.62. The Morgan fingerprint density at radius 1 is 1.07 bits per heavy atom. The Balaban J connectivity index is 3.12. The number of methoxy groups -OCH3 is 2. The van der Waals surface area contributed by atoms with Crippen LogP contribution in [0.3, 0.4) is 0 Å². The van der Waals surface area contributed by atoms with Crippen LogP contribution in [-0.4, -0.2) is 20.0 Å². The van der Waals surface area contributed by atoms with Crippen LogP contribution < -0.4 is 9.47 Å². The number of Topliss-reactive ketones (excluding diaryl/α,β-unsaturated/α-hetero) is 1. The highest BCUT2D eigenvalue weighted by molar-refractivity contribution is 5.98. The van der Waals surface area contributed by atoms with Gasteiger partial charge in [-0.25, -0.2) is 0 Å². The molecule has 0 radical (unpaired) electrons. The van der Waals surface area contributed by atoms with E-state index < -0.39 is 0 Å². The molecule has 0 atom stereocenters. The van der Waals surface area contributed by atoms with E-state index in [2.05, 4.69) is 0 Å². The van der Waals surface area contributed by atoms with Gasteiger partial charge in [0.1, 0.15) is 11.5 Å². The molecule has 1 aromatic carbocycles. The lowest BCUT2D eigenvalue weighted by atomic mass is 10.0. The molecule has 0 unspecified atom stereocenters. The molecule has 3 heteroatoms. The lowest BCUT2D eigenvalue weighted by Gasteiger charge is -2.09. The number of hydrogen-bond donors (Lipinski definition) is 0. The van der Waals surface area contributed by atoms with E-state index in [-0.39, 0.29) is 11.7 Å². The summed E-state index contributed by atoms with van der Waals surface area (Å²) in [7, 11) is 3.14. The molecule has 0 heterocycles. The fourth-order valence-corrected chi connectivity index (χ4v) is 1.28. The monoisotopic (exact) mass is 208 g/mol. The number of carbonyl (C=O) groups excluding carboxylic acids is 1. The Kier molecular flexibility index (Phi) is 3.72. The summed E-state index contributed by atoms with van der Waals surface area (Å²) in [6, 6.07) is 5.20. The summed E-state index contributed by atoms with van der Waals surface area (Å²) in [5.41, 5.74) is 0.626. The maximum absolute atomic E-state index is 11.8. The van der Waals surface area contributed by atoms with Crippen molar-refractivity contribution in [1.82, 2.24) is 0 Å². The average molecular weight is 208 g/mol. The van der Waals surface area contributed by atoms with Crippen molar-refractivity contribution in [2.75, 3.05) is 14.2 Å². The van der Waals surface area contributed by atoms with E-state index in [1.54, 1.807) is 32.4 Å². The zero-order valence-corrected chi connectivity index (χ0v) is 9.53. The molecule has 0 amide bonds. The molecule has 0 fully saturated rings. The van der Waals surface area contributed by atoms with Crippen LogP contribution in [0.1, 0.15) is 24.2 Å². The van der Waals surface area contributed by atoms with Crippen molar-refractivity contribution in [1.29, 1.82) is 0 Å². The maximum Gasteiger partial charge on any atom is 0.165 e. The van der Waals surface area contributed by atoms with Crippen molar-refractivity contribution in [3.8, 4) is 11.5 Å². The van der Waals surface area contributed by atoms with Crippen molar-refractivity contribution in [2.45, 2.75) is 13.8 Å². The minimum absolute atomic E-state index is 0.0261. The van der Waals surface area contributed by atoms with Gasteiger partial charge in [-0.1, -0.05) is 13.8 Å². The first kappa shape index (κ1) is 11.6. The largest absolute Gasteiger partial charge is 0.497 e. The molecule has 82 valence electrons. The summed E-state index contributed by atoms with van der Waals surface area (Å²) in [5, 5.41) is 0. The van der Waals surface area contributed by atoms with E-state index in [1.165, 1.54) is 0 Å². The van der Waals surface area contributed by atoms with E-state index in [1.807, 2.05) is 13.8 Å². The standard InChI is InChI=1S/C12H16O3/c1-8(2)12(13)9-5-10(14-3)7-11(6-9)15-4/h5-8H,1-4H3. The molecule has 0 aromatic heterocycles. The summed E-state index contributed by atoms with van der Waals surface area (Å²) < 4.78 is 10.2. The van der Waals surface area contributed by atoms with Crippen molar-refractivity contribution in [3.05, 3.63) is 23.8 Å². The van der Waals surface area contributed by atoms with Crippen LogP contribution in [0.5, 0.6) is 11.5 Å². The Bertz CT molecular complexity index is 334. The SMILES string of the molecule is COc1cc(OC)cc(C(=O)C(C)C)c1. The van der Waals surface area contributed by atoms with Crippen LogP contribution >= 0.6 is 0 Å². The third kappa shape index (κ3) is 2.72. The second kappa shape index (κ2) is 4.82. The maximum atomic E-state index is 11.8. The molecule has 1 rings (SSSR count). The van der Waals surface area contributed by atoms with E-state index in [0.29, 0.717) is 17.1 Å². The van der Waals surface area contributed by atoms with Gasteiger partial charge in [-0.3, -0.25) is 4.79 Å². The number of carbonyl (C=O) groups is 1. The molecule has 1 aromatic rings. The van der Waals surface area contributed by atoms with Gasteiger partial charge in [-0.15, -0.1) is 0 Å². The first-order valence-corrected chi connectivity index (χ1v) is 4.85. The van der Waals surface area contributed by atoms with Crippen LogP contribution in [-0.2, 0) is 0 Å². The van der Waals surface area contributed by atoms with E-state index in [0.717, 1.165) is 0 Å². The Morgan fingerprint density at radius 2 is 1.53 bits per heavy atom. The molecule has 15 heavy (non-hydrogen) atoms. The van der Waals surface area contributed by atoms with Crippen LogP contribution in [0.25, 0.3) is 0 Å². The van der Waals surface area contributed by atoms with E-state index in [9.17, 15) is 4.79 Å². The fraction of sp³-hybridized carbons (Fsp3) is 0.417. The van der Waals surface area contributed by atoms with Crippen LogP contribution in [0.4, 0.5) is 0 Å². The number of ketones is 1. The number of ether oxygens (including phenoxy) is 2. The number of benzene rings is 1. The molecule has 0 aliphatic carbocycles. The molecule has 0 saturated heterocycles. The summed E-state index contributed by atoms with van der Waals surface area (Å²) in [5.74, 6) is 1.34. The molecule has 0 aliphatic heterocycles. The highest BCUT2D eigenvalue weighted by atomic mass is 16.5. The molecular formula is C12H16O3. The third-order valence-corrected chi connectivity index (χ3v) is 2.16. The molecule has 0 N–H and O–H groups in total. The molecule has 0 spiro atoms. The van der Waals surface area contributed by atoms with Crippen LogP contribution in [0.15, 0.2) is 18.2 Å². The summed E-state index contributed by atoms with van der Waals surface area (Å²) >= 11 is 0. The van der Waals surface area contributed by atoms with Gasteiger partial charge in [0.15, 0.2) is 5.78 Å². The zero-order chi connectivity index (χ0) is 11.4. The minimum atomic E-state index is -0.0261. The molecule has 0 bridgehead atoms. The summed E-state index contributed by atoms with van der Waals surface area (Å²) in [6.45, 7) is 3.74. The Hall–Kier alpha value is -1.51. The normalized spacial score (nSPS) is 10.2. The van der Waals surface area contributed by atoms with Crippen molar-refractivity contribution in [2.24, 2.45) is 5.92 Å². The third-order valence-electron chi connectivity index (χ3n) is 2.16. The Labute approximate surface area is 90.0 Å². The first-order chi connectivity index (χ1) is 7.08. The zero-order valence-electron chi connectivity index (χ0n) is 9.53. The van der Waals surface area contributed by atoms with Crippen molar-refractivity contribution >= 4 is 5.78 Å². The smallest absolute Gasteiger partial charge is 0.165 e. The van der Waals surface area contributed by atoms with Crippen molar-refractivity contribution < 1.29 is 14.3 Å². The van der Waals surface area contributed by atoms with Gasteiger partial charge in [-0.05, 0) is 12.1 Å². The van der Waals surface area contributed by atoms with E-state index >= 15 is 0 Å². The van der Waals surface area contributed by atoms with Gasteiger partial charge < -0.3 is 9.47 Å². The predicted octanol–water partition coefficient (Wildman–Crippen LogP) is 2.54. The van der Waals surface area contributed by atoms with Gasteiger partial charge in [0, 0.05) is 17.5 Å². The van der Waals surface area contributed by atoms with Gasteiger partial charge in [0.2, 0.25) is 0 Å². The number of hydrogen-bond acceptors (Lipinski definition) is 3. The lowest BCUT2D eigenvalue weighted by Crippen LogP contribution is -2.07. The van der Waals surface area contributed by atoms with Gasteiger partial charge >= 0.3 is 0 Å². The number of rotatable bonds is 4. The van der Waals surface area contributed by atoms with Crippen LogP contribution in [0, 0.1) is 5.92 Å². The predicted molar refractivity (Wildman–Crippen MR) is 58.7 cm³/mol. The molecule has 0 saturated carbocycles. The quantitative estimate of drug-likeness (QED) is 0.713. The van der Waals surface area contributed by atoms with Gasteiger partial charge in [-0.2, -0.15) is 0 Å². The Morgan fingerprint density at radius 3 is 1.87 bits per heavy atom. The van der Waals surface area contributed by atoms with Crippen molar-refractivity contribution in [3.63, 3.8) is 0 Å². The second-order valence-electron chi connectivity index (χ2n) is 3.62. The highest BCUT2D eigenvalue weighted by Gasteiger charge is 2.12. The molecular weight excluding hydrogens is 192 g/mol. The molecule has 3 nitrogen and oxygen atoms in total. The average Bonchev–Trinajstić information content (AvgIpc) is 2.27. The summed E-state index contributed by atoms with van der Waals surface area (Å²) in [6.07, 6.45) is 0. The van der Waals surface area contributed by atoms with Gasteiger partial charge in [0.25, 0.3) is 0 Å². The summed E-state index contributed by atoms with van der Waals surface area (Å²) in [4.78, 5) is 11.8. The first-order valence-electron chi connectivity index (χ1n) is 4.85. The van der Waals surface area contributed by atoms with E-state index in [4.69, 9.17) is 9.47 Å².